The number of hydrogen-bond acceptors (Lipinski definition) is 3. The van der Waals surface area contributed by atoms with Gasteiger partial charge in [-0.05, 0) is 54.4 Å². The van der Waals surface area contributed by atoms with Crippen molar-refractivity contribution in [1.82, 2.24) is 0 Å². The molecule has 2 N–H and O–H groups in total. The number of anilines is 2. The number of halogens is 2. The molecule has 0 saturated heterocycles. The van der Waals surface area contributed by atoms with E-state index >= 15 is 0 Å². The summed E-state index contributed by atoms with van der Waals surface area (Å²) in [6.07, 6.45) is 0.295. The molecular weight excluding hydrogens is 423 g/mol. The summed E-state index contributed by atoms with van der Waals surface area (Å²) in [5, 5.41) is 6.43. The maximum Gasteiger partial charge on any atom is 0.262 e. The van der Waals surface area contributed by atoms with Crippen LogP contribution in [0.1, 0.15) is 11.1 Å². The van der Waals surface area contributed by atoms with Gasteiger partial charge >= 0.3 is 0 Å². The smallest absolute Gasteiger partial charge is 0.262 e. The summed E-state index contributed by atoms with van der Waals surface area (Å²) in [6, 6.07) is 19.6. The topological polar surface area (TPSA) is 67.4 Å². The third-order valence-corrected chi connectivity index (χ3v) is 4.70. The number of nitrogens with one attached hydrogen (secondary N) is 2. The predicted molar refractivity (Wildman–Crippen MR) is 121 cm³/mol. The highest BCUT2D eigenvalue weighted by molar-refractivity contribution is 6.35. The second-order valence-corrected chi connectivity index (χ2v) is 7.50. The highest BCUT2D eigenvalue weighted by atomic mass is 35.5. The van der Waals surface area contributed by atoms with Crippen LogP contribution in [0.2, 0.25) is 10.0 Å². The zero-order chi connectivity index (χ0) is 21.5. The van der Waals surface area contributed by atoms with E-state index in [0.717, 1.165) is 11.1 Å². The van der Waals surface area contributed by atoms with Gasteiger partial charge < -0.3 is 15.4 Å². The van der Waals surface area contributed by atoms with Crippen molar-refractivity contribution < 1.29 is 14.3 Å². The lowest BCUT2D eigenvalue weighted by Crippen LogP contribution is -2.20. The van der Waals surface area contributed by atoms with Crippen molar-refractivity contribution >= 4 is 46.4 Å². The van der Waals surface area contributed by atoms with Crippen molar-refractivity contribution in [3.63, 3.8) is 0 Å². The van der Waals surface area contributed by atoms with Gasteiger partial charge in [-0.1, -0.05) is 53.5 Å². The Morgan fingerprint density at radius 2 is 1.47 bits per heavy atom. The zero-order valence-corrected chi connectivity index (χ0v) is 17.8. The van der Waals surface area contributed by atoms with Crippen LogP contribution in [0.15, 0.2) is 66.7 Å². The van der Waals surface area contributed by atoms with E-state index in [1.165, 1.54) is 0 Å². The molecule has 0 atom stereocenters. The molecule has 0 unspecified atom stereocenters. The number of aryl methyl sites for hydroxylation is 1. The van der Waals surface area contributed by atoms with Gasteiger partial charge in [0.1, 0.15) is 5.75 Å². The fourth-order valence-corrected chi connectivity index (χ4v) is 3.48. The molecule has 0 spiro atoms. The van der Waals surface area contributed by atoms with Crippen LogP contribution in [0.5, 0.6) is 5.75 Å². The standard InChI is InChI=1S/C23H20Cl2N2O3/c1-15-11-17(24)13-20(25)23(15)30-14-22(29)27-19-9-7-18(8-10-19)26-21(28)12-16-5-3-2-4-6-16/h2-11,13H,12,14H2,1H3,(H,26,28)(H,27,29). The molecule has 0 aromatic heterocycles. The summed E-state index contributed by atoms with van der Waals surface area (Å²) >= 11 is 12.0. The predicted octanol–water partition coefficient (Wildman–Crippen LogP) is 5.50. The Labute approximate surface area is 185 Å². The molecule has 0 aliphatic rings. The summed E-state index contributed by atoms with van der Waals surface area (Å²) in [6.45, 7) is 1.60. The van der Waals surface area contributed by atoms with Crippen molar-refractivity contribution in [2.75, 3.05) is 17.2 Å². The third-order valence-electron chi connectivity index (χ3n) is 4.20. The molecule has 3 aromatic rings. The first-order valence-corrected chi connectivity index (χ1v) is 9.98. The molecule has 0 aliphatic carbocycles. The minimum absolute atomic E-state index is 0.110. The SMILES string of the molecule is Cc1cc(Cl)cc(Cl)c1OCC(=O)Nc1ccc(NC(=O)Cc2ccccc2)cc1. The summed E-state index contributed by atoms with van der Waals surface area (Å²) in [4.78, 5) is 24.3. The molecule has 5 nitrogen and oxygen atoms in total. The van der Waals surface area contributed by atoms with Gasteiger partial charge in [0.05, 0.1) is 11.4 Å². The fourth-order valence-electron chi connectivity index (χ4n) is 2.83. The molecule has 3 aromatic carbocycles. The lowest BCUT2D eigenvalue weighted by molar-refractivity contribution is -0.118. The van der Waals surface area contributed by atoms with Crippen LogP contribution in [0.4, 0.5) is 11.4 Å². The van der Waals surface area contributed by atoms with Crippen LogP contribution in [0.25, 0.3) is 0 Å². The minimum atomic E-state index is -0.332. The Morgan fingerprint density at radius 1 is 0.867 bits per heavy atom. The van der Waals surface area contributed by atoms with E-state index in [4.69, 9.17) is 27.9 Å². The molecule has 30 heavy (non-hydrogen) atoms. The van der Waals surface area contributed by atoms with Gasteiger partial charge in [-0.25, -0.2) is 0 Å². The number of benzene rings is 3. The summed E-state index contributed by atoms with van der Waals surface area (Å²) in [7, 11) is 0. The monoisotopic (exact) mass is 442 g/mol. The van der Waals surface area contributed by atoms with Crippen LogP contribution < -0.4 is 15.4 Å². The van der Waals surface area contributed by atoms with Gasteiger partial charge in [0.2, 0.25) is 5.91 Å². The molecule has 0 bridgehead atoms. The Bertz CT molecular complexity index is 1020. The number of hydrogen-bond donors (Lipinski definition) is 2. The lowest BCUT2D eigenvalue weighted by Gasteiger charge is -2.12. The second-order valence-electron chi connectivity index (χ2n) is 6.66. The van der Waals surface area contributed by atoms with E-state index in [2.05, 4.69) is 10.6 Å². The van der Waals surface area contributed by atoms with Gasteiger partial charge in [-0.15, -0.1) is 0 Å². The molecular formula is C23H20Cl2N2O3. The first-order valence-electron chi connectivity index (χ1n) is 9.23. The van der Waals surface area contributed by atoms with E-state index in [0.29, 0.717) is 33.6 Å². The van der Waals surface area contributed by atoms with E-state index < -0.39 is 0 Å². The Balaban J connectivity index is 1.50. The molecule has 0 heterocycles. The molecule has 0 radical (unpaired) electrons. The largest absolute Gasteiger partial charge is 0.482 e. The van der Waals surface area contributed by atoms with E-state index in [-0.39, 0.29) is 18.4 Å². The maximum absolute atomic E-state index is 12.2. The first kappa shape index (κ1) is 21.7. The summed E-state index contributed by atoms with van der Waals surface area (Å²) in [5.74, 6) is -0.0180. The number of ether oxygens (including phenoxy) is 1. The first-order chi connectivity index (χ1) is 14.4. The van der Waals surface area contributed by atoms with E-state index in [1.54, 1.807) is 43.3 Å². The number of rotatable bonds is 7. The number of carbonyl (C=O) groups is 2. The molecule has 154 valence electrons. The Hall–Kier alpha value is -3.02. The lowest BCUT2D eigenvalue weighted by atomic mass is 10.1. The maximum atomic E-state index is 12.2. The Morgan fingerprint density at radius 3 is 2.07 bits per heavy atom. The van der Waals surface area contributed by atoms with E-state index in [9.17, 15) is 9.59 Å². The average Bonchev–Trinajstić information content (AvgIpc) is 2.69. The highest BCUT2D eigenvalue weighted by Crippen LogP contribution is 2.31. The van der Waals surface area contributed by atoms with Crippen molar-refractivity contribution in [2.24, 2.45) is 0 Å². The van der Waals surface area contributed by atoms with Crippen molar-refractivity contribution in [3.8, 4) is 5.75 Å². The van der Waals surface area contributed by atoms with Crippen LogP contribution in [-0.2, 0) is 16.0 Å². The van der Waals surface area contributed by atoms with Gasteiger partial charge in [-0.2, -0.15) is 0 Å². The van der Waals surface area contributed by atoms with Gasteiger partial charge in [0, 0.05) is 16.4 Å². The van der Waals surface area contributed by atoms with Gasteiger partial charge in [-0.3, -0.25) is 9.59 Å². The van der Waals surface area contributed by atoms with Crippen molar-refractivity contribution in [3.05, 3.63) is 87.9 Å². The van der Waals surface area contributed by atoms with Crippen LogP contribution >= 0.6 is 23.2 Å². The Kier molecular flexibility index (Phi) is 7.33. The molecule has 0 saturated carbocycles. The molecule has 7 heteroatoms. The van der Waals surface area contributed by atoms with Gasteiger partial charge in [0.15, 0.2) is 6.61 Å². The van der Waals surface area contributed by atoms with Crippen LogP contribution in [0, 0.1) is 6.92 Å². The minimum Gasteiger partial charge on any atom is -0.482 e. The average molecular weight is 443 g/mol. The van der Waals surface area contributed by atoms with Crippen LogP contribution in [0.3, 0.4) is 0 Å². The van der Waals surface area contributed by atoms with Gasteiger partial charge in [0.25, 0.3) is 5.91 Å². The zero-order valence-electron chi connectivity index (χ0n) is 16.2. The second kappa shape index (κ2) is 10.1. The van der Waals surface area contributed by atoms with E-state index in [1.807, 2.05) is 30.3 Å². The number of amides is 2. The molecule has 0 aliphatic heterocycles. The molecule has 2 amide bonds. The van der Waals surface area contributed by atoms with Crippen molar-refractivity contribution in [2.45, 2.75) is 13.3 Å². The van der Waals surface area contributed by atoms with Crippen molar-refractivity contribution in [1.29, 1.82) is 0 Å². The van der Waals surface area contributed by atoms with Crippen LogP contribution in [-0.4, -0.2) is 18.4 Å². The summed E-state index contributed by atoms with van der Waals surface area (Å²) < 4.78 is 5.53. The molecule has 3 rings (SSSR count). The summed E-state index contributed by atoms with van der Waals surface area (Å²) in [5.41, 5.74) is 2.92. The number of carbonyl (C=O) groups excluding carboxylic acids is 2. The molecule has 0 fully saturated rings. The normalized spacial score (nSPS) is 10.4. The fraction of sp³-hybridized carbons (Fsp3) is 0.130. The quantitative estimate of drug-likeness (QED) is 0.507. The third kappa shape index (κ3) is 6.24. The highest BCUT2D eigenvalue weighted by Gasteiger charge is 2.11.